The second-order valence-electron chi connectivity index (χ2n) is 4.79. The molecule has 2 N–H and O–H groups in total. The fraction of sp³-hybridized carbons (Fsp3) is 0.917. The van der Waals surface area contributed by atoms with Crippen molar-refractivity contribution in [3.8, 4) is 0 Å². The van der Waals surface area contributed by atoms with E-state index in [1.54, 1.807) is 0 Å². The zero-order valence-electron chi connectivity index (χ0n) is 10.4. The quantitative estimate of drug-likeness (QED) is 0.692. The molecule has 2 rings (SSSR count). The normalized spacial score (nSPS) is 26.7. The zero-order valence-corrected chi connectivity index (χ0v) is 10.4. The van der Waals surface area contributed by atoms with Crippen LogP contribution in [0.1, 0.15) is 12.8 Å². The van der Waals surface area contributed by atoms with Crippen molar-refractivity contribution in [1.29, 1.82) is 0 Å². The fourth-order valence-corrected chi connectivity index (χ4v) is 2.38. The van der Waals surface area contributed by atoms with E-state index in [-0.39, 0.29) is 11.8 Å². The van der Waals surface area contributed by atoms with E-state index in [2.05, 4.69) is 15.5 Å². The topological polar surface area (TPSA) is 53.6 Å². The molecule has 0 aromatic rings. The van der Waals surface area contributed by atoms with Gasteiger partial charge in [0.2, 0.25) is 5.91 Å². The van der Waals surface area contributed by atoms with Crippen LogP contribution in [0, 0.1) is 5.92 Å². The number of ether oxygens (including phenoxy) is 1. The Morgan fingerprint density at radius 3 is 2.94 bits per heavy atom. The summed E-state index contributed by atoms with van der Waals surface area (Å²) >= 11 is 0. The molecule has 2 heterocycles. The van der Waals surface area contributed by atoms with Crippen LogP contribution in [-0.2, 0) is 9.53 Å². The van der Waals surface area contributed by atoms with Gasteiger partial charge in [0, 0.05) is 32.7 Å². The lowest BCUT2D eigenvalue weighted by Gasteiger charge is -2.27. The second-order valence-corrected chi connectivity index (χ2v) is 4.79. The van der Waals surface area contributed by atoms with E-state index < -0.39 is 0 Å². The number of morpholine rings is 1. The van der Waals surface area contributed by atoms with E-state index in [4.69, 9.17) is 4.74 Å². The molecule has 0 bridgehead atoms. The van der Waals surface area contributed by atoms with E-state index in [1.165, 1.54) is 0 Å². The van der Waals surface area contributed by atoms with Gasteiger partial charge in [-0.25, -0.2) is 0 Å². The van der Waals surface area contributed by atoms with Gasteiger partial charge in [0.25, 0.3) is 0 Å². The monoisotopic (exact) mass is 241 g/mol. The molecule has 0 aromatic carbocycles. The molecule has 0 saturated carbocycles. The van der Waals surface area contributed by atoms with Gasteiger partial charge in [-0.3, -0.25) is 9.69 Å². The summed E-state index contributed by atoms with van der Waals surface area (Å²) in [6.45, 7) is 7.20. The van der Waals surface area contributed by atoms with Gasteiger partial charge in [0.15, 0.2) is 0 Å². The first-order valence-electron chi connectivity index (χ1n) is 6.65. The van der Waals surface area contributed by atoms with E-state index in [9.17, 15) is 4.79 Å². The highest BCUT2D eigenvalue weighted by atomic mass is 16.5. The molecular formula is C12H23N3O2. The van der Waals surface area contributed by atoms with Crippen LogP contribution in [-0.4, -0.2) is 63.3 Å². The molecule has 98 valence electrons. The van der Waals surface area contributed by atoms with Gasteiger partial charge in [0.05, 0.1) is 19.1 Å². The first kappa shape index (κ1) is 12.8. The maximum Gasteiger partial charge on any atom is 0.224 e. The summed E-state index contributed by atoms with van der Waals surface area (Å²) in [4.78, 5) is 14.2. The number of hydrogen-bond acceptors (Lipinski definition) is 4. The molecule has 0 spiro atoms. The standard InChI is InChI=1S/C12H23N3O2/c16-12(11-2-1-3-13-10-11)14-4-5-15-6-8-17-9-7-15/h11,13H,1-10H2,(H,14,16)/t11-/m0/s1. The predicted octanol–water partition coefficient (Wildman–Crippen LogP) is -0.566. The van der Waals surface area contributed by atoms with Crippen molar-refractivity contribution in [2.45, 2.75) is 12.8 Å². The second kappa shape index (κ2) is 6.93. The number of nitrogens with zero attached hydrogens (tertiary/aromatic N) is 1. The Hall–Kier alpha value is -0.650. The van der Waals surface area contributed by atoms with E-state index in [0.717, 1.165) is 65.3 Å². The van der Waals surface area contributed by atoms with E-state index >= 15 is 0 Å². The highest BCUT2D eigenvalue weighted by Gasteiger charge is 2.20. The van der Waals surface area contributed by atoms with Crippen LogP contribution >= 0.6 is 0 Å². The minimum Gasteiger partial charge on any atom is -0.379 e. The molecule has 0 unspecified atom stereocenters. The zero-order chi connectivity index (χ0) is 11.9. The lowest BCUT2D eigenvalue weighted by molar-refractivity contribution is -0.125. The SMILES string of the molecule is O=C(NCCN1CCOCC1)[C@H]1CCCNC1. The third-order valence-electron chi connectivity index (χ3n) is 3.50. The van der Waals surface area contributed by atoms with Crippen LogP contribution in [0.25, 0.3) is 0 Å². The van der Waals surface area contributed by atoms with Crippen LogP contribution < -0.4 is 10.6 Å². The summed E-state index contributed by atoms with van der Waals surface area (Å²) < 4.78 is 5.29. The predicted molar refractivity (Wildman–Crippen MR) is 65.9 cm³/mol. The summed E-state index contributed by atoms with van der Waals surface area (Å²) in [7, 11) is 0. The molecule has 17 heavy (non-hydrogen) atoms. The molecule has 2 aliphatic heterocycles. The Morgan fingerprint density at radius 2 is 2.24 bits per heavy atom. The summed E-state index contributed by atoms with van der Waals surface area (Å²) in [6, 6.07) is 0. The molecule has 2 fully saturated rings. The Kier molecular flexibility index (Phi) is 5.22. The maximum atomic E-state index is 11.8. The Bertz CT molecular complexity index is 236. The average molecular weight is 241 g/mol. The third kappa shape index (κ3) is 4.26. The number of piperidine rings is 1. The molecular weight excluding hydrogens is 218 g/mol. The third-order valence-corrected chi connectivity index (χ3v) is 3.50. The van der Waals surface area contributed by atoms with Crippen LogP contribution in [0.2, 0.25) is 0 Å². The van der Waals surface area contributed by atoms with E-state index in [1.807, 2.05) is 0 Å². The van der Waals surface area contributed by atoms with Crippen molar-refractivity contribution < 1.29 is 9.53 Å². The van der Waals surface area contributed by atoms with Crippen LogP contribution in [0.5, 0.6) is 0 Å². The number of rotatable bonds is 4. The van der Waals surface area contributed by atoms with Gasteiger partial charge in [-0.05, 0) is 19.4 Å². The number of nitrogens with one attached hydrogen (secondary N) is 2. The average Bonchev–Trinajstić information content (AvgIpc) is 2.41. The smallest absolute Gasteiger partial charge is 0.224 e. The Labute approximate surface area is 103 Å². The van der Waals surface area contributed by atoms with Gasteiger partial charge >= 0.3 is 0 Å². The molecule has 2 saturated heterocycles. The fourth-order valence-electron chi connectivity index (χ4n) is 2.38. The highest BCUT2D eigenvalue weighted by Crippen LogP contribution is 2.09. The summed E-state index contributed by atoms with van der Waals surface area (Å²) in [5.74, 6) is 0.388. The van der Waals surface area contributed by atoms with Crippen LogP contribution in [0.15, 0.2) is 0 Å². The number of hydrogen-bond donors (Lipinski definition) is 2. The summed E-state index contributed by atoms with van der Waals surface area (Å²) in [5, 5.41) is 6.31. The largest absolute Gasteiger partial charge is 0.379 e. The van der Waals surface area contributed by atoms with Gasteiger partial charge < -0.3 is 15.4 Å². The Balaban J connectivity index is 1.58. The van der Waals surface area contributed by atoms with Gasteiger partial charge in [0.1, 0.15) is 0 Å². The lowest BCUT2D eigenvalue weighted by Crippen LogP contribution is -2.44. The number of carbonyl (C=O) groups is 1. The van der Waals surface area contributed by atoms with Gasteiger partial charge in [-0.1, -0.05) is 0 Å². The Morgan fingerprint density at radius 1 is 1.41 bits per heavy atom. The molecule has 5 heteroatoms. The first-order valence-corrected chi connectivity index (χ1v) is 6.65. The van der Waals surface area contributed by atoms with Gasteiger partial charge in [-0.2, -0.15) is 0 Å². The number of carbonyl (C=O) groups excluding carboxylic acids is 1. The van der Waals surface area contributed by atoms with Crippen molar-refractivity contribution >= 4 is 5.91 Å². The molecule has 2 aliphatic rings. The molecule has 5 nitrogen and oxygen atoms in total. The van der Waals surface area contributed by atoms with Gasteiger partial charge in [-0.15, -0.1) is 0 Å². The van der Waals surface area contributed by atoms with Crippen molar-refractivity contribution in [2.24, 2.45) is 5.92 Å². The van der Waals surface area contributed by atoms with Crippen LogP contribution in [0.4, 0.5) is 0 Å². The first-order chi connectivity index (χ1) is 8.36. The van der Waals surface area contributed by atoms with Crippen LogP contribution in [0.3, 0.4) is 0 Å². The molecule has 0 radical (unpaired) electrons. The van der Waals surface area contributed by atoms with Crippen molar-refractivity contribution in [2.75, 3.05) is 52.5 Å². The lowest BCUT2D eigenvalue weighted by atomic mass is 9.99. The number of amides is 1. The van der Waals surface area contributed by atoms with E-state index in [0.29, 0.717) is 0 Å². The maximum absolute atomic E-state index is 11.8. The summed E-state index contributed by atoms with van der Waals surface area (Å²) in [6.07, 6.45) is 2.14. The van der Waals surface area contributed by atoms with Crippen molar-refractivity contribution in [1.82, 2.24) is 15.5 Å². The van der Waals surface area contributed by atoms with Crippen molar-refractivity contribution in [3.05, 3.63) is 0 Å². The highest BCUT2D eigenvalue weighted by molar-refractivity contribution is 5.78. The molecule has 0 aromatic heterocycles. The molecule has 0 aliphatic carbocycles. The molecule has 1 atom stereocenters. The van der Waals surface area contributed by atoms with Crippen molar-refractivity contribution in [3.63, 3.8) is 0 Å². The minimum atomic E-state index is 0.174. The molecule has 1 amide bonds. The summed E-state index contributed by atoms with van der Waals surface area (Å²) in [5.41, 5.74) is 0. The minimum absolute atomic E-state index is 0.174.